The van der Waals surface area contributed by atoms with Crippen molar-refractivity contribution in [3.63, 3.8) is 0 Å². The highest BCUT2D eigenvalue weighted by Gasteiger charge is 2.24. The normalized spacial score (nSPS) is 17.7. The molecule has 7 heteroatoms. The van der Waals surface area contributed by atoms with Crippen LogP contribution < -0.4 is 5.49 Å². The van der Waals surface area contributed by atoms with Crippen LogP contribution in [0.15, 0.2) is 29.3 Å². The molecule has 1 aromatic carbocycles. The number of amides is 1. The Morgan fingerprint density at radius 3 is 2.75 bits per heavy atom. The lowest BCUT2D eigenvalue weighted by Gasteiger charge is -2.21. The van der Waals surface area contributed by atoms with E-state index in [9.17, 15) is 9.18 Å². The van der Waals surface area contributed by atoms with Gasteiger partial charge in [-0.1, -0.05) is 20.8 Å². The van der Waals surface area contributed by atoms with Gasteiger partial charge in [0.25, 0.3) is 5.91 Å². The van der Waals surface area contributed by atoms with Crippen molar-refractivity contribution in [2.75, 3.05) is 6.61 Å². The Morgan fingerprint density at radius 2 is 2.14 bits per heavy atom. The van der Waals surface area contributed by atoms with Gasteiger partial charge in [0.15, 0.2) is 5.49 Å². The van der Waals surface area contributed by atoms with E-state index in [-0.39, 0.29) is 22.6 Å². The van der Waals surface area contributed by atoms with Crippen molar-refractivity contribution >= 4 is 5.91 Å². The maximum atomic E-state index is 14.1. The molecule has 2 heterocycles. The zero-order valence-corrected chi connectivity index (χ0v) is 16.7. The predicted molar refractivity (Wildman–Crippen MR) is 102 cm³/mol. The summed E-state index contributed by atoms with van der Waals surface area (Å²) in [7, 11) is 1.93. The van der Waals surface area contributed by atoms with Crippen LogP contribution in [0.3, 0.4) is 0 Å². The van der Waals surface area contributed by atoms with Crippen LogP contribution in [0.5, 0.6) is 0 Å². The maximum Gasteiger partial charge on any atom is 0.282 e. The molecule has 0 unspecified atom stereocenters. The molecule has 2 aromatic rings. The number of carbonyl (C=O) groups is 1. The van der Waals surface area contributed by atoms with Gasteiger partial charge in [0.1, 0.15) is 5.82 Å². The molecule has 1 fully saturated rings. The first-order valence-corrected chi connectivity index (χ1v) is 9.38. The fourth-order valence-corrected chi connectivity index (χ4v) is 3.49. The van der Waals surface area contributed by atoms with Crippen LogP contribution in [0, 0.1) is 17.1 Å². The molecule has 0 saturated carbocycles. The fraction of sp³-hybridized carbons (Fsp3) is 0.476. The molecule has 0 aliphatic carbocycles. The Labute approximate surface area is 163 Å². The van der Waals surface area contributed by atoms with Crippen LogP contribution in [0.4, 0.5) is 4.39 Å². The van der Waals surface area contributed by atoms with Crippen LogP contribution >= 0.6 is 0 Å². The number of nitriles is 1. The highest BCUT2D eigenvalue weighted by atomic mass is 19.1. The lowest BCUT2D eigenvalue weighted by Crippen LogP contribution is -2.30. The molecule has 3 rings (SSSR count). The molecular weight excluding hydrogens is 359 g/mol. The standard InChI is InChI=1S/C21H25FN4O2/c1-21(2,3)18-11-19(26(25(18)4)13-15-6-5-9-28-15)24-20(27)16-10-14(12-23)7-8-17(16)22/h7-8,10-11,15H,5-6,9,13H2,1-4H3/t15-/m1/s1. The van der Waals surface area contributed by atoms with Crippen molar-refractivity contribution in [3.8, 4) is 6.07 Å². The zero-order chi connectivity index (χ0) is 20.5. The van der Waals surface area contributed by atoms with Gasteiger partial charge in [-0.2, -0.15) is 10.3 Å². The Morgan fingerprint density at radius 1 is 1.39 bits per heavy atom. The van der Waals surface area contributed by atoms with Crippen molar-refractivity contribution in [1.29, 1.82) is 5.26 Å². The summed E-state index contributed by atoms with van der Waals surface area (Å²) in [6.07, 6.45) is 2.03. The van der Waals surface area contributed by atoms with Crippen LogP contribution in [-0.4, -0.2) is 28.0 Å². The van der Waals surface area contributed by atoms with E-state index in [0.717, 1.165) is 31.2 Å². The zero-order valence-electron chi connectivity index (χ0n) is 16.7. The number of ether oxygens (including phenoxy) is 1. The van der Waals surface area contributed by atoms with Crippen molar-refractivity contribution in [2.45, 2.75) is 51.7 Å². The summed E-state index contributed by atoms with van der Waals surface area (Å²) in [4.78, 5) is 16.9. The summed E-state index contributed by atoms with van der Waals surface area (Å²) in [5.41, 5.74) is 1.31. The molecule has 28 heavy (non-hydrogen) atoms. The molecule has 1 saturated heterocycles. The molecule has 0 spiro atoms. The number of halogens is 1. The minimum atomic E-state index is -0.707. The third-order valence-electron chi connectivity index (χ3n) is 4.95. The van der Waals surface area contributed by atoms with E-state index in [1.54, 1.807) is 0 Å². The van der Waals surface area contributed by atoms with Gasteiger partial charge in [-0.25, -0.2) is 4.39 Å². The number of carbonyl (C=O) groups excluding carboxylic acids is 1. The van der Waals surface area contributed by atoms with Gasteiger partial charge in [-0.15, -0.1) is 0 Å². The van der Waals surface area contributed by atoms with Crippen molar-refractivity contribution < 1.29 is 13.9 Å². The Kier molecular flexibility index (Phi) is 5.52. The van der Waals surface area contributed by atoms with Gasteiger partial charge in [0, 0.05) is 30.8 Å². The maximum absolute atomic E-state index is 14.1. The minimum Gasteiger partial charge on any atom is -0.376 e. The summed E-state index contributed by atoms with van der Waals surface area (Å²) >= 11 is 0. The summed E-state index contributed by atoms with van der Waals surface area (Å²) < 4.78 is 23.8. The van der Waals surface area contributed by atoms with Crippen LogP contribution in [0.2, 0.25) is 0 Å². The first-order valence-electron chi connectivity index (χ1n) is 9.38. The van der Waals surface area contributed by atoms with E-state index in [0.29, 0.717) is 12.0 Å². The highest BCUT2D eigenvalue weighted by Crippen LogP contribution is 2.21. The molecule has 1 atom stereocenters. The molecule has 0 bridgehead atoms. The van der Waals surface area contributed by atoms with Crippen molar-refractivity contribution in [1.82, 2.24) is 9.36 Å². The van der Waals surface area contributed by atoms with E-state index >= 15 is 0 Å². The number of aromatic nitrogens is 2. The fourth-order valence-electron chi connectivity index (χ4n) is 3.49. The molecule has 0 radical (unpaired) electrons. The summed E-state index contributed by atoms with van der Waals surface area (Å²) in [5, 5.41) is 9.02. The average molecular weight is 384 g/mol. The van der Waals surface area contributed by atoms with E-state index in [2.05, 4.69) is 25.8 Å². The minimum absolute atomic E-state index is 0.0640. The molecule has 148 valence electrons. The number of rotatable bonds is 3. The van der Waals surface area contributed by atoms with Crippen LogP contribution in [-0.2, 0) is 23.7 Å². The van der Waals surface area contributed by atoms with Gasteiger partial charge in [0.2, 0.25) is 0 Å². The lowest BCUT2D eigenvalue weighted by molar-refractivity contribution is 0.0885. The van der Waals surface area contributed by atoms with Gasteiger partial charge < -0.3 is 4.74 Å². The number of benzene rings is 1. The van der Waals surface area contributed by atoms with Crippen LogP contribution in [0.1, 0.15) is 55.2 Å². The first kappa shape index (κ1) is 20.0. The number of nitrogens with zero attached hydrogens (tertiary/aromatic N) is 4. The molecule has 1 amide bonds. The Bertz CT molecular complexity index is 999. The third kappa shape index (κ3) is 4.07. The van der Waals surface area contributed by atoms with Gasteiger partial charge >= 0.3 is 0 Å². The number of hydrogen-bond acceptors (Lipinski definition) is 3. The molecule has 0 N–H and O–H groups in total. The second-order valence-electron chi connectivity index (χ2n) is 8.10. The number of hydrogen-bond donors (Lipinski definition) is 0. The van der Waals surface area contributed by atoms with Gasteiger partial charge in [-0.3, -0.25) is 14.2 Å². The van der Waals surface area contributed by atoms with Crippen LogP contribution in [0.25, 0.3) is 0 Å². The smallest absolute Gasteiger partial charge is 0.282 e. The molecule has 1 aromatic heterocycles. The van der Waals surface area contributed by atoms with E-state index < -0.39 is 11.7 Å². The Hall–Kier alpha value is -2.72. The van der Waals surface area contributed by atoms with E-state index in [4.69, 9.17) is 10.00 Å². The van der Waals surface area contributed by atoms with E-state index in [1.165, 1.54) is 12.1 Å². The summed E-state index contributed by atoms with van der Waals surface area (Å²) in [6, 6.07) is 7.47. The molecule has 6 nitrogen and oxygen atoms in total. The van der Waals surface area contributed by atoms with E-state index in [1.807, 2.05) is 28.5 Å². The van der Waals surface area contributed by atoms with Gasteiger partial charge in [-0.05, 0) is 31.0 Å². The second-order valence-corrected chi connectivity index (χ2v) is 8.10. The SMILES string of the molecule is Cn1c(C(C)(C)C)cc(=NC(=O)c2cc(C#N)ccc2F)n1C[C@H]1CCCO1. The Balaban J connectivity index is 2.09. The highest BCUT2D eigenvalue weighted by molar-refractivity contribution is 5.95. The lowest BCUT2D eigenvalue weighted by atomic mass is 9.92. The third-order valence-corrected chi connectivity index (χ3v) is 4.95. The molecule has 1 aliphatic heterocycles. The quantitative estimate of drug-likeness (QED) is 0.816. The first-order chi connectivity index (χ1) is 13.2. The summed E-state index contributed by atoms with van der Waals surface area (Å²) in [5.74, 6) is -1.40. The van der Waals surface area contributed by atoms with Crippen molar-refractivity contribution in [2.24, 2.45) is 12.0 Å². The topological polar surface area (TPSA) is 72.3 Å². The monoisotopic (exact) mass is 384 g/mol. The summed E-state index contributed by atoms with van der Waals surface area (Å²) in [6.45, 7) is 7.56. The second kappa shape index (κ2) is 7.72. The predicted octanol–water partition coefficient (Wildman–Crippen LogP) is 3.05. The molecular formula is C21H25FN4O2. The van der Waals surface area contributed by atoms with Crippen molar-refractivity contribution in [3.05, 3.63) is 52.4 Å². The largest absolute Gasteiger partial charge is 0.376 e. The van der Waals surface area contributed by atoms with Gasteiger partial charge in [0.05, 0.1) is 29.8 Å². The molecule has 1 aliphatic rings. The average Bonchev–Trinajstić information content (AvgIpc) is 3.25.